The summed E-state index contributed by atoms with van der Waals surface area (Å²) in [6, 6.07) is 19.4. The second-order valence-electron chi connectivity index (χ2n) is 8.99. The molecule has 1 heterocycles. The van der Waals surface area contributed by atoms with Gasteiger partial charge in [-0.15, -0.1) is 0 Å². The molecular formula is C29H31NO. The SMILES string of the molecule is CC(=O)c1c(-c2cc(C)c3cc(C(C)C)ccc(C)c2-3)c(C)n(-c2ccccc2)c1C. The maximum Gasteiger partial charge on any atom is 0.162 e. The molecule has 158 valence electrons. The maximum atomic E-state index is 12.9. The fourth-order valence-electron chi connectivity index (χ4n) is 4.96. The van der Waals surface area contributed by atoms with Crippen molar-refractivity contribution >= 4 is 5.78 Å². The zero-order chi connectivity index (χ0) is 22.4. The predicted octanol–water partition coefficient (Wildman–Crippen LogP) is 7.81. The van der Waals surface area contributed by atoms with Gasteiger partial charge in [-0.05, 0) is 86.1 Å². The van der Waals surface area contributed by atoms with E-state index in [1.165, 1.54) is 27.8 Å². The molecule has 0 fully saturated rings. The highest BCUT2D eigenvalue weighted by Crippen LogP contribution is 2.45. The van der Waals surface area contributed by atoms with Crippen LogP contribution in [0.25, 0.3) is 27.9 Å². The number of para-hydroxylation sites is 1. The van der Waals surface area contributed by atoms with E-state index < -0.39 is 0 Å². The highest BCUT2D eigenvalue weighted by Gasteiger charge is 2.27. The molecule has 0 saturated carbocycles. The van der Waals surface area contributed by atoms with Crippen molar-refractivity contribution < 1.29 is 4.79 Å². The van der Waals surface area contributed by atoms with Crippen LogP contribution in [0.5, 0.6) is 0 Å². The molecule has 0 amide bonds. The van der Waals surface area contributed by atoms with Crippen LogP contribution in [0.2, 0.25) is 0 Å². The van der Waals surface area contributed by atoms with Gasteiger partial charge in [-0.1, -0.05) is 56.3 Å². The fourth-order valence-corrected chi connectivity index (χ4v) is 4.96. The van der Waals surface area contributed by atoms with Gasteiger partial charge in [0.25, 0.3) is 0 Å². The van der Waals surface area contributed by atoms with Crippen molar-refractivity contribution in [1.82, 2.24) is 4.57 Å². The first-order chi connectivity index (χ1) is 14.7. The lowest BCUT2D eigenvalue weighted by atomic mass is 9.94. The van der Waals surface area contributed by atoms with Crippen molar-refractivity contribution in [3.05, 3.63) is 88.2 Å². The third-order valence-electron chi connectivity index (χ3n) is 6.50. The van der Waals surface area contributed by atoms with Crippen LogP contribution in [-0.4, -0.2) is 10.4 Å². The molecule has 2 nitrogen and oxygen atoms in total. The lowest BCUT2D eigenvalue weighted by Crippen LogP contribution is -2.00. The molecule has 0 atom stereocenters. The standard InChI is InChI=1S/C29H31NO/c1-17(2)23-14-13-18(3)27-25(16-23)19(4)15-26(27)29-21(6)30(20(5)28(29)22(7)31)24-11-9-8-10-12-24/h8-17H,1-7H3. The van der Waals surface area contributed by atoms with Crippen molar-refractivity contribution in [2.24, 2.45) is 0 Å². The van der Waals surface area contributed by atoms with E-state index in [-0.39, 0.29) is 5.78 Å². The van der Waals surface area contributed by atoms with E-state index >= 15 is 0 Å². The van der Waals surface area contributed by atoms with Crippen LogP contribution in [0, 0.1) is 27.7 Å². The minimum Gasteiger partial charge on any atom is -0.317 e. The van der Waals surface area contributed by atoms with Crippen LogP contribution in [-0.2, 0) is 0 Å². The highest BCUT2D eigenvalue weighted by molar-refractivity contribution is 6.06. The topological polar surface area (TPSA) is 22.0 Å². The van der Waals surface area contributed by atoms with E-state index in [9.17, 15) is 4.79 Å². The number of hydrogen-bond donors (Lipinski definition) is 0. The number of aromatic nitrogens is 1. The molecule has 1 aromatic carbocycles. The van der Waals surface area contributed by atoms with Crippen LogP contribution in [0.15, 0.2) is 54.6 Å². The number of benzene rings is 1. The Morgan fingerprint density at radius 3 is 2.06 bits per heavy atom. The molecule has 2 aliphatic carbocycles. The zero-order valence-electron chi connectivity index (χ0n) is 19.6. The molecule has 2 aliphatic rings. The number of aryl methyl sites for hydroxylation is 2. The number of hydrogen-bond acceptors (Lipinski definition) is 1. The normalized spacial score (nSPS) is 11.5. The maximum absolute atomic E-state index is 12.9. The summed E-state index contributed by atoms with van der Waals surface area (Å²) in [6.45, 7) is 14.7. The number of carbonyl (C=O) groups excluding carboxylic acids is 1. The summed E-state index contributed by atoms with van der Waals surface area (Å²) >= 11 is 0. The van der Waals surface area contributed by atoms with E-state index in [2.05, 4.69) is 82.5 Å². The minimum atomic E-state index is 0.109. The molecule has 0 spiro atoms. The Morgan fingerprint density at radius 1 is 0.774 bits per heavy atom. The third kappa shape index (κ3) is 3.40. The van der Waals surface area contributed by atoms with E-state index in [1.807, 2.05) is 18.2 Å². The van der Waals surface area contributed by atoms with Gasteiger partial charge in [0, 0.05) is 28.2 Å². The molecule has 0 N–H and O–H groups in total. The van der Waals surface area contributed by atoms with Gasteiger partial charge in [0.1, 0.15) is 0 Å². The van der Waals surface area contributed by atoms with Crippen LogP contribution >= 0.6 is 0 Å². The Balaban J connectivity index is 2.08. The molecular weight excluding hydrogens is 378 g/mol. The monoisotopic (exact) mass is 409 g/mol. The van der Waals surface area contributed by atoms with E-state index in [0.29, 0.717) is 5.92 Å². The van der Waals surface area contributed by atoms with E-state index in [1.54, 1.807) is 6.92 Å². The molecule has 0 unspecified atom stereocenters. The van der Waals surface area contributed by atoms with Crippen LogP contribution < -0.4 is 0 Å². The molecule has 0 bridgehead atoms. The van der Waals surface area contributed by atoms with Crippen molar-refractivity contribution in [1.29, 1.82) is 0 Å². The first-order valence-corrected chi connectivity index (χ1v) is 11.0. The summed E-state index contributed by atoms with van der Waals surface area (Å²) in [4.78, 5) is 12.9. The van der Waals surface area contributed by atoms with E-state index in [4.69, 9.17) is 0 Å². The van der Waals surface area contributed by atoms with Gasteiger partial charge in [0.05, 0.1) is 0 Å². The molecule has 2 heteroatoms. The van der Waals surface area contributed by atoms with Crippen molar-refractivity contribution in [2.45, 2.75) is 54.4 Å². The quantitative estimate of drug-likeness (QED) is 0.315. The molecule has 31 heavy (non-hydrogen) atoms. The Labute approximate surface area is 185 Å². The summed E-state index contributed by atoms with van der Waals surface area (Å²) < 4.78 is 2.22. The predicted molar refractivity (Wildman–Crippen MR) is 131 cm³/mol. The summed E-state index contributed by atoms with van der Waals surface area (Å²) in [6.07, 6.45) is 0. The van der Waals surface area contributed by atoms with Gasteiger partial charge in [-0.25, -0.2) is 0 Å². The van der Waals surface area contributed by atoms with Gasteiger partial charge >= 0.3 is 0 Å². The Morgan fingerprint density at radius 2 is 1.45 bits per heavy atom. The van der Waals surface area contributed by atoms with Crippen molar-refractivity contribution in [3.63, 3.8) is 0 Å². The Kier molecular flexibility index (Phi) is 5.35. The molecule has 2 aromatic rings. The smallest absolute Gasteiger partial charge is 0.162 e. The van der Waals surface area contributed by atoms with E-state index in [0.717, 1.165) is 33.8 Å². The second kappa shape index (κ2) is 7.85. The summed E-state index contributed by atoms with van der Waals surface area (Å²) in [7, 11) is 0. The van der Waals surface area contributed by atoms with Crippen LogP contribution in [0.1, 0.15) is 65.1 Å². The number of Topliss-reactive ketones (excluding diaryl/α,β-unsaturated/α-hetero) is 1. The third-order valence-corrected chi connectivity index (χ3v) is 6.50. The summed E-state index contributed by atoms with van der Waals surface area (Å²) in [5.41, 5.74) is 12.6. The Bertz CT molecular complexity index is 1260. The Hall–Kier alpha value is -3.13. The summed E-state index contributed by atoms with van der Waals surface area (Å²) in [5, 5.41) is 0. The lowest BCUT2D eigenvalue weighted by Gasteiger charge is -2.10. The van der Waals surface area contributed by atoms with Crippen molar-refractivity contribution in [3.8, 4) is 27.9 Å². The lowest BCUT2D eigenvalue weighted by molar-refractivity contribution is 0.101. The second-order valence-corrected chi connectivity index (χ2v) is 8.99. The number of nitrogens with zero attached hydrogens (tertiary/aromatic N) is 1. The van der Waals surface area contributed by atoms with Gasteiger partial charge in [-0.3, -0.25) is 4.79 Å². The van der Waals surface area contributed by atoms with Gasteiger partial charge < -0.3 is 4.57 Å². The molecule has 0 aliphatic heterocycles. The number of ketones is 1. The van der Waals surface area contributed by atoms with Crippen molar-refractivity contribution in [2.75, 3.05) is 0 Å². The molecule has 0 saturated heterocycles. The van der Waals surface area contributed by atoms with Gasteiger partial charge in [-0.2, -0.15) is 0 Å². The molecule has 4 rings (SSSR count). The first kappa shape index (κ1) is 21.1. The molecule has 1 aromatic heterocycles. The van der Waals surface area contributed by atoms with Gasteiger partial charge in [0.2, 0.25) is 0 Å². The highest BCUT2D eigenvalue weighted by atomic mass is 16.1. The summed E-state index contributed by atoms with van der Waals surface area (Å²) in [5.74, 6) is 0.571. The fraction of sp³-hybridized carbons (Fsp3) is 0.276. The number of carbonyl (C=O) groups is 1. The number of rotatable bonds is 4. The molecule has 0 radical (unpaired) electrons. The van der Waals surface area contributed by atoms with Crippen LogP contribution in [0.3, 0.4) is 0 Å². The van der Waals surface area contributed by atoms with Crippen LogP contribution in [0.4, 0.5) is 0 Å². The average molecular weight is 410 g/mol. The largest absolute Gasteiger partial charge is 0.317 e. The van der Waals surface area contributed by atoms with Gasteiger partial charge in [0.15, 0.2) is 5.78 Å². The average Bonchev–Trinajstić information content (AvgIpc) is 3.09. The zero-order valence-corrected chi connectivity index (χ0v) is 19.6. The minimum absolute atomic E-state index is 0.109. The first-order valence-electron chi connectivity index (χ1n) is 11.0. The number of fused-ring (bicyclic) bond motifs is 1.